The third-order valence-corrected chi connectivity index (χ3v) is 4.96. The van der Waals surface area contributed by atoms with Crippen molar-refractivity contribution < 1.29 is 17.9 Å². The number of rotatable bonds is 3. The molecule has 0 saturated carbocycles. The summed E-state index contributed by atoms with van der Waals surface area (Å²) in [6.45, 7) is 6.15. The molecule has 0 fully saturated rings. The molecule has 0 unspecified atom stereocenters. The summed E-state index contributed by atoms with van der Waals surface area (Å²) in [5.74, 6) is 1.36. The van der Waals surface area contributed by atoms with Gasteiger partial charge in [0.2, 0.25) is 0 Å². The average molecular weight is 351 g/mol. The maximum absolute atomic E-state index is 12.8. The summed E-state index contributed by atoms with van der Waals surface area (Å²) in [7, 11) is 1.85. The van der Waals surface area contributed by atoms with E-state index >= 15 is 0 Å². The Morgan fingerprint density at radius 2 is 2.00 bits per heavy atom. The molecule has 2 heterocycles. The number of alkyl halides is 3. The highest BCUT2D eigenvalue weighted by Crippen LogP contribution is 2.41. The van der Waals surface area contributed by atoms with Gasteiger partial charge >= 0.3 is 6.18 Å². The Kier molecular flexibility index (Phi) is 4.17. The maximum atomic E-state index is 12.8. The van der Waals surface area contributed by atoms with Crippen molar-refractivity contribution >= 4 is 22.4 Å². The van der Waals surface area contributed by atoms with E-state index in [1.807, 2.05) is 31.0 Å². The standard InChI is InChI=1S/C18H16F3NOS/c1-11-7-16-15(23-12(11)2)9-17(24-16)22(3)10-13-5-4-6-14(8-13)18(19,20)21/h4-9H,2,10H2,1,3H3. The molecule has 0 atom stereocenters. The Bertz CT molecular complexity index is 820. The lowest BCUT2D eigenvalue weighted by molar-refractivity contribution is -0.137. The molecule has 1 aliphatic heterocycles. The van der Waals surface area contributed by atoms with Gasteiger partial charge in [-0.2, -0.15) is 13.2 Å². The highest BCUT2D eigenvalue weighted by molar-refractivity contribution is 7.17. The van der Waals surface area contributed by atoms with Crippen LogP contribution in [0.15, 0.2) is 48.2 Å². The fourth-order valence-electron chi connectivity index (χ4n) is 2.43. The van der Waals surface area contributed by atoms with Crippen LogP contribution in [-0.4, -0.2) is 7.05 Å². The normalized spacial score (nSPS) is 14.0. The second kappa shape index (κ2) is 6.02. The van der Waals surface area contributed by atoms with Gasteiger partial charge in [0.25, 0.3) is 0 Å². The minimum Gasteiger partial charge on any atom is -0.456 e. The van der Waals surface area contributed by atoms with Gasteiger partial charge in [-0.1, -0.05) is 18.7 Å². The van der Waals surface area contributed by atoms with Crippen molar-refractivity contribution in [3.05, 3.63) is 64.2 Å². The fourth-order valence-corrected chi connectivity index (χ4v) is 3.48. The number of halogens is 3. The monoisotopic (exact) mass is 351 g/mol. The smallest absolute Gasteiger partial charge is 0.416 e. The maximum Gasteiger partial charge on any atom is 0.416 e. The van der Waals surface area contributed by atoms with Crippen LogP contribution in [0.4, 0.5) is 18.2 Å². The summed E-state index contributed by atoms with van der Waals surface area (Å²) in [6.07, 6.45) is -2.32. The van der Waals surface area contributed by atoms with Crippen molar-refractivity contribution in [2.75, 3.05) is 11.9 Å². The van der Waals surface area contributed by atoms with E-state index < -0.39 is 11.7 Å². The number of ether oxygens (including phenoxy) is 1. The van der Waals surface area contributed by atoms with Crippen molar-refractivity contribution in [3.8, 4) is 5.75 Å². The molecule has 0 radical (unpaired) electrons. The average Bonchev–Trinajstić information content (AvgIpc) is 2.90. The molecule has 1 aliphatic rings. The van der Waals surface area contributed by atoms with Crippen LogP contribution in [0.2, 0.25) is 0 Å². The molecule has 0 bridgehead atoms. The Labute approximate surface area is 142 Å². The molecule has 1 aromatic heterocycles. The van der Waals surface area contributed by atoms with Gasteiger partial charge in [0.1, 0.15) is 11.5 Å². The first-order valence-electron chi connectivity index (χ1n) is 7.30. The Balaban J connectivity index is 1.81. The minimum atomic E-state index is -4.33. The van der Waals surface area contributed by atoms with Gasteiger partial charge in [-0.3, -0.25) is 0 Å². The summed E-state index contributed by atoms with van der Waals surface area (Å²) in [4.78, 5) is 2.90. The van der Waals surface area contributed by atoms with Crippen LogP contribution < -0.4 is 9.64 Å². The van der Waals surface area contributed by atoms with E-state index in [0.717, 1.165) is 27.3 Å². The molecule has 0 spiro atoms. The molecule has 0 N–H and O–H groups in total. The number of hydrogen-bond acceptors (Lipinski definition) is 3. The number of nitrogens with zero attached hydrogens (tertiary/aromatic N) is 1. The van der Waals surface area contributed by atoms with Crippen LogP contribution in [0.1, 0.15) is 22.9 Å². The third-order valence-electron chi connectivity index (χ3n) is 3.78. The van der Waals surface area contributed by atoms with E-state index in [2.05, 4.69) is 6.58 Å². The van der Waals surface area contributed by atoms with Crippen LogP contribution in [0.25, 0.3) is 6.08 Å². The summed E-state index contributed by atoms with van der Waals surface area (Å²) in [5, 5.41) is 0.927. The lowest BCUT2D eigenvalue weighted by Crippen LogP contribution is -2.15. The van der Waals surface area contributed by atoms with Crippen molar-refractivity contribution in [1.82, 2.24) is 0 Å². The summed E-state index contributed by atoms with van der Waals surface area (Å²) < 4.78 is 44.1. The van der Waals surface area contributed by atoms with Gasteiger partial charge in [-0.05, 0) is 36.3 Å². The summed E-state index contributed by atoms with van der Waals surface area (Å²) >= 11 is 1.54. The van der Waals surface area contributed by atoms with E-state index in [-0.39, 0.29) is 0 Å². The van der Waals surface area contributed by atoms with E-state index in [0.29, 0.717) is 17.9 Å². The van der Waals surface area contributed by atoms with E-state index in [1.165, 1.54) is 23.5 Å². The van der Waals surface area contributed by atoms with Crippen LogP contribution in [0.5, 0.6) is 5.75 Å². The van der Waals surface area contributed by atoms with Crippen molar-refractivity contribution in [3.63, 3.8) is 0 Å². The first kappa shape index (κ1) is 16.6. The van der Waals surface area contributed by atoms with Gasteiger partial charge in [0.05, 0.1) is 15.4 Å². The van der Waals surface area contributed by atoms with E-state index in [9.17, 15) is 13.2 Å². The molecule has 1 aromatic carbocycles. The Hall–Kier alpha value is -2.21. The third kappa shape index (κ3) is 3.33. The molecule has 126 valence electrons. The Morgan fingerprint density at radius 1 is 1.25 bits per heavy atom. The minimum absolute atomic E-state index is 0.382. The second-order valence-electron chi connectivity index (χ2n) is 5.72. The van der Waals surface area contributed by atoms with Crippen molar-refractivity contribution in [1.29, 1.82) is 0 Å². The quantitative estimate of drug-likeness (QED) is 0.702. The number of anilines is 1. The van der Waals surface area contributed by atoms with Crippen LogP contribution in [0.3, 0.4) is 0 Å². The van der Waals surface area contributed by atoms with Crippen LogP contribution in [-0.2, 0) is 12.7 Å². The number of benzene rings is 1. The first-order chi connectivity index (χ1) is 11.2. The van der Waals surface area contributed by atoms with Gasteiger partial charge in [0.15, 0.2) is 0 Å². The van der Waals surface area contributed by atoms with Crippen molar-refractivity contribution in [2.45, 2.75) is 19.6 Å². The van der Waals surface area contributed by atoms with Gasteiger partial charge in [-0.25, -0.2) is 0 Å². The lowest BCUT2D eigenvalue weighted by atomic mass is 10.1. The largest absolute Gasteiger partial charge is 0.456 e. The van der Waals surface area contributed by atoms with Gasteiger partial charge in [0, 0.05) is 19.7 Å². The zero-order valence-electron chi connectivity index (χ0n) is 13.3. The van der Waals surface area contributed by atoms with Crippen LogP contribution in [0, 0.1) is 0 Å². The number of thiophene rings is 1. The molecule has 0 saturated heterocycles. The molecular formula is C18H16F3NOS. The summed E-state index contributed by atoms with van der Waals surface area (Å²) in [5.41, 5.74) is 0.948. The van der Waals surface area contributed by atoms with Gasteiger partial charge in [-0.15, -0.1) is 11.3 Å². The molecule has 2 nitrogen and oxygen atoms in total. The highest BCUT2D eigenvalue weighted by atomic mass is 32.1. The molecular weight excluding hydrogens is 335 g/mol. The zero-order chi connectivity index (χ0) is 17.5. The zero-order valence-corrected chi connectivity index (χ0v) is 14.1. The Morgan fingerprint density at radius 3 is 2.71 bits per heavy atom. The topological polar surface area (TPSA) is 12.5 Å². The molecule has 6 heteroatoms. The lowest BCUT2D eigenvalue weighted by Gasteiger charge is -2.18. The van der Waals surface area contributed by atoms with Gasteiger partial charge < -0.3 is 9.64 Å². The fraction of sp³-hybridized carbons (Fsp3) is 0.222. The molecule has 24 heavy (non-hydrogen) atoms. The number of fused-ring (bicyclic) bond motifs is 1. The molecule has 0 aliphatic carbocycles. The number of hydrogen-bond donors (Lipinski definition) is 0. The molecule has 2 aromatic rings. The molecule has 0 amide bonds. The second-order valence-corrected chi connectivity index (χ2v) is 6.78. The van der Waals surface area contributed by atoms with E-state index in [4.69, 9.17) is 4.74 Å². The predicted molar refractivity (Wildman–Crippen MR) is 91.3 cm³/mol. The van der Waals surface area contributed by atoms with Crippen LogP contribution >= 0.6 is 11.3 Å². The molecule has 3 rings (SSSR count). The summed E-state index contributed by atoms with van der Waals surface area (Å²) in [6, 6.07) is 7.29. The predicted octanol–water partition coefficient (Wildman–Crippen LogP) is 5.71. The van der Waals surface area contributed by atoms with Crippen molar-refractivity contribution in [2.24, 2.45) is 0 Å². The number of allylic oxidation sites excluding steroid dienone is 1. The first-order valence-corrected chi connectivity index (χ1v) is 8.12. The SMILES string of the molecule is C=C1Oc2cc(N(C)Cc3cccc(C(F)(F)F)c3)sc2C=C1C. The highest BCUT2D eigenvalue weighted by Gasteiger charge is 2.30. The van der Waals surface area contributed by atoms with E-state index in [1.54, 1.807) is 6.07 Å².